The van der Waals surface area contributed by atoms with Gasteiger partial charge in [0.1, 0.15) is 12.3 Å². The summed E-state index contributed by atoms with van der Waals surface area (Å²) in [6.07, 6.45) is 1.66. The summed E-state index contributed by atoms with van der Waals surface area (Å²) in [4.78, 5) is 42.4. The zero-order valence-corrected chi connectivity index (χ0v) is 15.8. The zero-order chi connectivity index (χ0) is 20.1. The van der Waals surface area contributed by atoms with Gasteiger partial charge < -0.3 is 15.4 Å². The molecule has 28 heavy (non-hydrogen) atoms. The molecule has 8 heteroatoms. The molecule has 146 valence electrons. The van der Waals surface area contributed by atoms with Gasteiger partial charge in [0.2, 0.25) is 5.91 Å². The van der Waals surface area contributed by atoms with Crippen LogP contribution in [0, 0.1) is 0 Å². The van der Waals surface area contributed by atoms with Crippen LogP contribution in [0.4, 0.5) is 5.69 Å². The first-order valence-corrected chi connectivity index (χ1v) is 8.98. The van der Waals surface area contributed by atoms with Crippen molar-refractivity contribution in [1.29, 1.82) is 0 Å². The summed E-state index contributed by atoms with van der Waals surface area (Å²) >= 11 is 0. The van der Waals surface area contributed by atoms with Gasteiger partial charge in [-0.15, -0.1) is 0 Å². The van der Waals surface area contributed by atoms with E-state index in [1.54, 1.807) is 30.5 Å². The maximum atomic E-state index is 12.5. The summed E-state index contributed by atoms with van der Waals surface area (Å²) in [5, 5.41) is 5.55. The maximum Gasteiger partial charge on any atom is 0.265 e. The van der Waals surface area contributed by atoms with Crippen LogP contribution < -0.4 is 20.3 Å². The number of aromatic nitrogens is 1. The van der Waals surface area contributed by atoms with Crippen molar-refractivity contribution < 1.29 is 19.1 Å². The largest absolute Gasteiger partial charge is 0.482 e. The Morgan fingerprint density at radius 2 is 2.07 bits per heavy atom. The number of nitrogens with one attached hydrogen (secondary N) is 2. The molecule has 1 aromatic carbocycles. The number of amides is 3. The number of fused-ring (bicyclic) bond motifs is 1. The highest BCUT2D eigenvalue weighted by atomic mass is 16.5. The van der Waals surface area contributed by atoms with Crippen LogP contribution in [0.1, 0.15) is 29.9 Å². The summed E-state index contributed by atoms with van der Waals surface area (Å²) in [5.41, 5.74) is 1.50. The number of carbonyl (C=O) groups is 3. The number of carbonyl (C=O) groups excluding carboxylic acids is 3. The normalized spacial score (nSPS) is 13.0. The second-order valence-corrected chi connectivity index (χ2v) is 6.68. The third kappa shape index (κ3) is 4.64. The summed E-state index contributed by atoms with van der Waals surface area (Å²) in [5.74, 6) is -0.463. The Morgan fingerprint density at radius 1 is 1.25 bits per heavy atom. The van der Waals surface area contributed by atoms with E-state index >= 15 is 0 Å². The lowest BCUT2D eigenvalue weighted by molar-refractivity contribution is -0.125. The minimum absolute atomic E-state index is 0.0354. The molecule has 0 aliphatic carbocycles. The van der Waals surface area contributed by atoms with Crippen LogP contribution in [0.5, 0.6) is 5.75 Å². The van der Waals surface area contributed by atoms with E-state index in [4.69, 9.17) is 4.74 Å². The predicted octanol–water partition coefficient (Wildman–Crippen LogP) is 1.26. The first-order valence-electron chi connectivity index (χ1n) is 8.98. The molecule has 0 saturated carbocycles. The standard InChI is InChI=1S/C20H22N4O4/c1-13(2)23-18(25)11-24-16-9-14(6-7-17(16)28-12-19(24)26)20(27)22-10-15-5-3-4-8-21-15/h3-9,13H,10-12H2,1-2H3,(H,22,27)(H,23,25). The first-order chi connectivity index (χ1) is 13.4. The number of nitrogens with zero attached hydrogens (tertiary/aromatic N) is 2. The van der Waals surface area contributed by atoms with Gasteiger partial charge in [0.25, 0.3) is 11.8 Å². The Labute approximate surface area is 162 Å². The molecule has 0 radical (unpaired) electrons. The lowest BCUT2D eigenvalue weighted by atomic mass is 10.1. The molecule has 2 aromatic rings. The summed E-state index contributed by atoms with van der Waals surface area (Å²) in [6, 6.07) is 10.2. The van der Waals surface area contributed by atoms with Crippen LogP contribution in [0.2, 0.25) is 0 Å². The van der Waals surface area contributed by atoms with E-state index in [0.29, 0.717) is 17.0 Å². The lowest BCUT2D eigenvalue weighted by Crippen LogP contribution is -2.46. The molecule has 8 nitrogen and oxygen atoms in total. The maximum absolute atomic E-state index is 12.5. The molecule has 2 N–H and O–H groups in total. The van der Waals surface area contributed by atoms with Gasteiger partial charge in [-0.1, -0.05) is 6.07 Å². The van der Waals surface area contributed by atoms with Gasteiger partial charge in [0, 0.05) is 17.8 Å². The predicted molar refractivity (Wildman–Crippen MR) is 103 cm³/mol. The second kappa shape index (κ2) is 8.51. The van der Waals surface area contributed by atoms with Crippen molar-refractivity contribution in [3.8, 4) is 5.75 Å². The van der Waals surface area contributed by atoms with Gasteiger partial charge >= 0.3 is 0 Å². The van der Waals surface area contributed by atoms with Crippen LogP contribution in [-0.2, 0) is 16.1 Å². The molecule has 3 amide bonds. The van der Waals surface area contributed by atoms with E-state index in [-0.39, 0.29) is 43.5 Å². The van der Waals surface area contributed by atoms with Crippen LogP contribution in [0.3, 0.4) is 0 Å². The van der Waals surface area contributed by atoms with Crippen LogP contribution in [-0.4, -0.2) is 41.9 Å². The fourth-order valence-corrected chi connectivity index (χ4v) is 2.80. The van der Waals surface area contributed by atoms with Crippen molar-refractivity contribution in [2.24, 2.45) is 0 Å². The van der Waals surface area contributed by atoms with Crippen LogP contribution in [0.15, 0.2) is 42.6 Å². The number of anilines is 1. The molecule has 1 aliphatic heterocycles. The number of rotatable bonds is 6. The SMILES string of the molecule is CC(C)NC(=O)CN1C(=O)COc2ccc(C(=O)NCc3ccccn3)cc21. The fourth-order valence-electron chi connectivity index (χ4n) is 2.80. The van der Waals surface area contributed by atoms with E-state index < -0.39 is 0 Å². The Kier molecular flexibility index (Phi) is 5.88. The summed E-state index contributed by atoms with van der Waals surface area (Å²) in [6.45, 7) is 3.69. The number of hydrogen-bond acceptors (Lipinski definition) is 5. The van der Waals surface area contributed by atoms with Gasteiger partial charge in [0.05, 0.1) is 17.9 Å². The van der Waals surface area contributed by atoms with Gasteiger partial charge in [-0.3, -0.25) is 24.3 Å². The average Bonchev–Trinajstić information content (AvgIpc) is 2.68. The van der Waals surface area contributed by atoms with E-state index in [1.165, 1.54) is 4.90 Å². The average molecular weight is 382 g/mol. The molecule has 0 saturated heterocycles. The smallest absolute Gasteiger partial charge is 0.265 e. The van der Waals surface area contributed by atoms with Crippen molar-refractivity contribution in [1.82, 2.24) is 15.6 Å². The molecular formula is C20H22N4O4. The fraction of sp³-hybridized carbons (Fsp3) is 0.300. The number of benzene rings is 1. The molecule has 1 aliphatic rings. The summed E-state index contributed by atoms with van der Waals surface area (Å²) < 4.78 is 5.43. The third-order valence-corrected chi connectivity index (χ3v) is 4.07. The van der Waals surface area contributed by atoms with E-state index in [1.807, 2.05) is 26.0 Å². The third-order valence-electron chi connectivity index (χ3n) is 4.07. The molecule has 0 unspecified atom stereocenters. The molecule has 0 bridgehead atoms. The molecule has 2 heterocycles. The van der Waals surface area contributed by atoms with Gasteiger partial charge in [-0.2, -0.15) is 0 Å². The van der Waals surface area contributed by atoms with E-state index in [2.05, 4.69) is 15.6 Å². The zero-order valence-electron chi connectivity index (χ0n) is 15.8. The number of pyridine rings is 1. The van der Waals surface area contributed by atoms with Gasteiger partial charge in [-0.05, 0) is 44.2 Å². The minimum Gasteiger partial charge on any atom is -0.482 e. The van der Waals surface area contributed by atoms with Crippen LogP contribution >= 0.6 is 0 Å². The Bertz CT molecular complexity index is 883. The Balaban J connectivity index is 1.76. The number of ether oxygens (including phenoxy) is 1. The van der Waals surface area contributed by atoms with Crippen molar-refractivity contribution in [2.45, 2.75) is 26.4 Å². The summed E-state index contributed by atoms with van der Waals surface area (Å²) in [7, 11) is 0. The lowest BCUT2D eigenvalue weighted by Gasteiger charge is -2.29. The van der Waals surface area contributed by atoms with Crippen molar-refractivity contribution in [2.75, 3.05) is 18.1 Å². The van der Waals surface area contributed by atoms with Gasteiger partial charge in [0.15, 0.2) is 6.61 Å². The Morgan fingerprint density at radius 3 is 2.79 bits per heavy atom. The van der Waals surface area contributed by atoms with Crippen LogP contribution in [0.25, 0.3) is 0 Å². The molecule has 0 fully saturated rings. The topological polar surface area (TPSA) is 101 Å². The molecular weight excluding hydrogens is 360 g/mol. The van der Waals surface area contributed by atoms with Crippen molar-refractivity contribution >= 4 is 23.4 Å². The Hall–Kier alpha value is -3.42. The van der Waals surface area contributed by atoms with Crippen molar-refractivity contribution in [3.63, 3.8) is 0 Å². The van der Waals surface area contributed by atoms with Crippen molar-refractivity contribution in [3.05, 3.63) is 53.9 Å². The first kappa shape index (κ1) is 19.3. The highest BCUT2D eigenvalue weighted by Crippen LogP contribution is 2.32. The van der Waals surface area contributed by atoms with E-state index in [0.717, 1.165) is 5.69 Å². The molecule has 0 atom stereocenters. The monoisotopic (exact) mass is 382 g/mol. The second-order valence-electron chi connectivity index (χ2n) is 6.68. The number of hydrogen-bond donors (Lipinski definition) is 2. The quantitative estimate of drug-likeness (QED) is 0.783. The highest BCUT2D eigenvalue weighted by molar-refractivity contribution is 6.04. The molecule has 1 aromatic heterocycles. The molecule has 3 rings (SSSR count). The molecule has 0 spiro atoms. The highest BCUT2D eigenvalue weighted by Gasteiger charge is 2.28. The van der Waals surface area contributed by atoms with E-state index in [9.17, 15) is 14.4 Å². The van der Waals surface area contributed by atoms with Gasteiger partial charge in [-0.25, -0.2) is 0 Å². The minimum atomic E-state index is -0.336.